The molecule has 0 N–H and O–H groups in total. The average Bonchev–Trinajstić information content (AvgIpc) is 2.74. The highest BCUT2D eigenvalue weighted by Gasteiger charge is 2.64. The van der Waals surface area contributed by atoms with Crippen LogP contribution in [0.4, 0.5) is 8.78 Å². The summed E-state index contributed by atoms with van der Waals surface area (Å²) >= 11 is 0. The summed E-state index contributed by atoms with van der Waals surface area (Å²) in [6, 6.07) is 0. The molecule has 1 aliphatic heterocycles. The molecule has 2 aliphatic rings. The van der Waals surface area contributed by atoms with Crippen molar-refractivity contribution in [3.05, 3.63) is 0 Å². The van der Waals surface area contributed by atoms with Crippen molar-refractivity contribution in [2.24, 2.45) is 5.41 Å². The van der Waals surface area contributed by atoms with Gasteiger partial charge in [0.25, 0.3) is 5.92 Å². The molecule has 0 bridgehead atoms. The van der Waals surface area contributed by atoms with Gasteiger partial charge in [0.15, 0.2) is 0 Å². The molecule has 82 valence electrons. The van der Waals surface area contributed by atoms with Gasteiger partial charge in [-0.15, -0.1) is 0 Å². The first kappa shape index (κ1) is 10.3. The van der Waals surface area contributed by atoms with Gasteiger partial charge in [-0.1, -0.05) is 0 Å². The predicted molar refractivity (Wildman–Crippen MR) is 52.6 cm³/mol. The number of halogens is 2. The fourth-order valence-corrected chi connectivity index (χ4v) is 2.36. The minimum atomic E-state index is -2.46. The van der Waals surface area contributed by atoms with Crippen molar-refractivity contribution in [2.45, 2.75) is 51.5 Å². The third-order valence-corrected chi connectivity index (χ3v) is 3.83. The highest BCUT2D eigenvalue weighted by atomic mass is 19.3. The molecule has 2 fully saturated rings. The first-order valence-electron chi connectivity index (χ1n) is 5.40. The number of rotatable bonds is 0. The predicted octanol–water partition coefficient (Wildman–Crippen LogP) is 2.91. The Morgan fingerprint density at radius 3 is 2.00 bits per heavy atom. The van der Waals surface area contributed by atoms with Gasteiger partial charge in [0.1, 0.15) is 0 Å². The Kier molecular flexibility index (Phi) is 1.98. The van der Waals surface area contributed by atoms with Crippen molar-refractivity contribution in [1.29, 1.82) is 0 Å². The molecule has 1 aliphatic carbocycles. The molecule has 1 saturated heterocycles. The molecule has 0 atom stereocenters. The minimum Gasteiger partial charge on any atom is -0.293 e. The van der Waals surface area contributed by atoms with Crippen LogP contribution in [0.5, 0.6) is 0 Å². The first-order valence-corrected chi connectivity index (χ1v) is 5.40. The summed E-state index contributed by atoms with van der Waals surface area (Å²) in [6.07, 6.45) is 2.15. The second-order valence-electron chi connectivity index (χ2n) is 5.83. The van der Waals surface area contributed by atoms with E-state index in [1.165, 1.54) is 0 Å². The lowest BCUT2D eigenvalue weighted by Gasteiger charge is -2.45. The van der Waals surface area contributed by atoms with E-state index in [0.29, 0.717) is 6.42 Å². The van der Waals surface area contributed by atoms with Crippen molar-refractivity contribution in [3.8, 4) is 0 Å². The van der Waals surface area contributed by atoms with E-state index in [1.54, 1.807) is 0 Å². The molecule has 0 amide bonds. The van der Waals surface area contributed by atoms with Crippen LogP contribution in [0.25, 0.3) is 0 Å². The van der Waals surface area contributed by atoms with Crippen LogP contribution < -0.4 is 0 Å². The van der Waals surface area contributed by atoms with Gasteiger partial charge in [0.05, 0.1) is 6.54 Å². The van der Waals surface area contributed by atoms with Gasteiger partial charge in [-0.3, -0.25) is 4.90 Å². The third-order valence-electron chi connectivity index (χ3n) is 3.83. The van der Waals surface area contributed by atoms with E-state index in [2.05, 4.69) is 0 Å². The van der Waals surface area contributed by atoms with Crippen LogP contribution >= 0.6 is 0 Å². The van der Waals surface area contributed by atoms with Gasteiger partial charge in [-0.05, 0) is 46.6 Å². The van der Waals surface area contributed by atoms with Crippen molar-refractivity contribution in [3.63, 3.8) is 0 Å². The minimum absolute atomic E-state index is 0.0451. The Morgan fingerprint density at radius 1 is 1.07 bits per heavy atom. The molecular formula is C11H19F2N. The SMILES string of the molecule is CC(C)(C)N1CCC2(CC2)C(F)(F)C1. The maximum Gasteiger partial charge on any atom is 0.266 e. The molecule has 1 saturated carbocycles. The van der Waals surface area contributed by atoms with E-state index in [4.69, 9.17) is 0 Å². The molecule has 14 heavy (non-hydrogen) atoms. The standard InChI is InChI=1S/C11H19F2N/c1-9(2,3)14-7-6-10(4-5-10)11(12,13)8-14/h4-8H2,1-3H3. The normalized spacial score (nSPS) is 30.6. The maximum absolute atomic E-state index is 13.8. The van der Waals surface area contributed by atoms with Gasteiger partial charge < -0.3 is 0 Å². The van der Waals surface area contributed by atoms with E-state index < -0.39 is 11.3 Å². The fraction of sp³-hybridized carbons (Fsp3) is 1.00. The van der Waals surface area contributed by atoms with Crippen molar-refractivity contribution in [1.82, 2.24) is 4.90 Å². The highest BCUT2D eigenvalue weighted by Crippen LogP contribution is 2.61. The Hall–Kier alpha value is -0.180. The summed E-state index contributed by atoms with van der Waals surface area (Å²) in [5, 5.41) is 0. The van der Waals surface area contributed by atoms with Crippen LogP contribution in [-0.2, 0) is 0 Å². The van der Waals surface area contributed by atoms with Crippen LogP contribution in [0.1, 0.15) is 40.0 Å². The van der Waals surface area contributed by atoms with Crippen LogP contribution in [0.2, 0.25) is 0 Å². The number of nitrogens with zero attached hydrogens (tertiary/aromatic N) is 1. The van der Waals surface area contributed by atoms with E-state index in [0.717, 1.165) is 19.4 Å². The summed E-state index contributed by atoms with van der Waals surface area (Å²) in [4.78, 5) is 1.91. The zero-order valence-corrected chi connectivity index (χ0v) is 9.24. The molecule has 0 aromatic rings. The van der Waals surface area contributed by atoms with E-state index in [-0.39, 0.29) is 12.1 Å². The molecular weight excluding hydrogens is 184 g/mol. The lowest BCUT2D eigenvalue weighted by Crippen LogP contribution is -2.55. The molecule has 1 spiro atoms. The number of likely N-dealkylation sites (tertiary alicyclic amines) is 1. The zero-order chi connectivity index (χ0) is 10.6. The van der Waals surface area contributed by atoms with Crippen molar-refractivity contribution >= 4 is 0 Å². The Morgan fingerprint density at radius 2 is 1.64 bits per heavy atom. The maximum atomic E-state index is 13.8. The second kappa shape index (κ2) is 2.69. The van der Waals surface area contributed by atoms with Crippen molar-refractivity contribution < 1.29 is 8.78 Å². The number of piperidine rings is 1. The lowest BCUT2D eigenvalue weighted by atomic mass is 9.87. The molecule has 0 aromatic heterocycles. The fourth-order valence-electron chi connectivity index (χ4n) is 2.36. The highest BCUT2D eigenvalue weighted by molar-refractivity contribution is 5.08. The molecule has 3 heteroatoms. The van der Waals surface area contributed by atoms with Gasteiger partial charge in [-0.25, -0.2) is 8.78 Å². The molecule has 1 nitrogen and oxygen atoms in total. The summed E-state index contributed by atoms with van der Waals surface area (Å²) in [7, 11) is 0. The largest absolute Gasteiger partial charge is 0.293 e. The Labute approximate surface area is 84.5 Å². The zero-order valence-electron chi connectivity index (χ0n) is 9.24. The summed E-state index contributed by atoms with van der Waals surface area (Å²) in [5.41, 5.74) is -0.727. The molecule has 0 aromatic carbocycles. The number of hydrogen-bond acceptors (Lipinski definition) is 1. The molecule has 1 heterocycles. The van der Waals surface area contributed by atoms with Gasteiger partial charge in [-0.2, -0.15) is 0 Å². The molecule has 2 rings (SSSR count). The Balaban J connectivity index is 2.10. The van der Waals surface area contributed by atoms with Crippen LogP contribution in [0.15, 0.2) is 0 Å². The third kappa shape index (κ3) is 1.46. The Bertz CT molecular complexity index is 238. The summed E-state index contributed by atoms with van der Waals surface area (Å²) in [5.74, 6) is -2.46. The quantitative estimate of drug-likeness (QED) is 0.585. The first-order chi connectivity index (χ1) is 6.27. The van der Waals surface area contributed by atoms with Gasteiger partial charge >= 0.3 is 0 Å². The second-order valence-corrected chi connectivity index (χ2v) is 5.83. The lowest BCUT2D eigenvalue weighted by molar-refractivity contribution is -0.140. The van der Waals surface area contributed by atoms with Gasteiger partial charge in [0.2, 0.25) is 0 Å². The van der Waals surface area contributed by atoms with E-state index in [1.807, 2.05) is 25.7 Å². The topological polar surface area (TPSA) is 3.24 Å². The van der Waals surface area contributed by atoms with Crippen LogP contribution in [0.3, 0.4) is 0 Å². The van der Waals surface area contributed by atoms with E-state index >= 15 is 0 Å². The molecule has 0 unspecified atom stereocenters. The summed E-state index contributed by atoms with van der Waals surface area (Å²) < 4.78 is 27.6. The van der Waals surface area contributed by atoms with Crippen LogP contribution in [-0.4, -0.2) is 29.5 Å². The number of hydrogen-bond donors (Lipinski definition) is 0. The molecule has 0 radical (unpaired) electrons. The van der Waals surface area contributed by atoms with Crippen molar-refractivity contribution in [2.75, 3.05) is 13.1 Å². The van der Waals surface area contributed by atoms with Gasteiger partial charge in [0, 0.05) is 11.0 Å². The monoisotopic (exact) mass is 203 g/mol. The smallest absolute Gasteiger partial charge is 0.266 e. The van der Waals surface area contributed by atoms with Crippen LogP contribution in [0, 0.1) is 5.41 Å². The average molecular weight is 203 g/mol. The number of alkyl halides is 2. The summed E-state index contributed by atoms with van der Waals surface area (Å²) in [6.45, 7) is 6.81. The van der Waals surface area contributed by atoms with E-state index in [9.17, 15) is 8.78 Å².